The summed E-state index contributed by atoms with van der Waals surface area (Å²) in [6, 6.07) is 8.88. The number of hydrogen-bond acceptors (Lipinski definition) is 4. The lowest BCUT2D eigenvalue weighted by atomic mass is 10.1. The Labute approximate surface area is 154 Å². The van der Waals surface area contributed by atoms with E-state index in [2.05, 4.69) is 10.1 Å². The number of nitriles is 1. The third kappa shape index (κ3) is 3.43. The lowest BCUT2D eigenvalue weighted by Crippen LogP contribution is -2.12. The lowest BCUT2D eigenvalue weighted by Gasteiger charge is -2.11. The number of aryl methyl sites for hydroxylation is 1. The van der Waals surface area contributed by atoms with Crippen LogP contribution in [0.1, 0.15) is 27.6 Å². The summed E-state index contributed by atoms with van der Waals surface area (Å²) in [5.74, 6) is -0.0892. The molecule has 6 nitrogen and oxygen atoms in total. The van der Waals surface area contributed by atoms with Gasteiger partial charge in [0.2, 0.25) is 0 Å². The zero-order valence-corrected chi connectivity index (χ0v) is 15.0. The van der Waals surface area contributed by atoms with E-state index in [1.54, 1.807) is 18.2 Å². The number of hydrogen-bond donors (Lipinski definition) is 0. The molecule has 1 aromatic carbocycles. The fourth-order valence-corrected chi connectivity index (χ4v) is 3.28. The van der Waals surface area contributed by atoms with Gasteiger partial charge in [-0.25, -0.2) is 9.67 Å². The summed E-state index contributed by atoms with van der Waals surface area (Å²) in [7, 11) is 0. The van der Waals surface area contributed by atoms with Crippen LogP contribution in [0.25, 0.3) is 5.69 Å². The number of ketones is 1. The first kappa shape index (κ1) is 17.2. The second-order valence-electron chi connectivity index (χ2n) is 5.55. The number of benzene rings is 1. The molecule has 2 aromatic heterocycles. The molecule has 0 spiro atoms. The molecule has 0 N–H and O–H groups in total. The Kier molecular flexibility index (Phi) is 4.62. The normalized spacial score (nSPS) is 10.7. The quantitative estimate of drug-likeness (QED) is 0.652. The van der Waals surface area contributed by atoms with E-state index in [4.69, 9.17) is 28.5 Å². The Bertz CT molecular complexity index is 992. The molecule has 0 amide bonds. The summed E-state index contributed by atoms with van der Waals surface area (Å²) in [4.78, 5) is 16.4. The summed E-state index contributed by atoms with van der Waals surface area (Å²) >= 11 is 12.2. The highest BCUT2D eigenvalue weighted by molar-refractivity contribution is 6.34. The van der Waals surface area contributed by atoms with Gasteiger partial charge >= 0.3 is 0 Å². The van der Waals surface area contributed by atoms with E-state index in [1.165, 1.54) is 11.0 Å². The highest BCUT2D eigenvalue weighted by atomic mass is 35.5. The lowest BCUT2D eigenvalue weighted by molar-refractivity contribution is 0.0967. The Hall–Kier alpha value is -2.62. The number of nitrogens with zero attached hydrogens (tertiary/aromatic N) is 5. The molecule has 0 saturated carbocycles. The number of halogens is 2. The van der Waals surface area contributed by atoms with Gasteiger partial charge in [0.15, 0.2) is 5.78 Å². The molecule has 2 heterocycles. The van der Waals surface area contributed by atoms with Gasteiger partial charge in [-0.2, -0.15) is 5.26 Å². The molecular formula is C17H13Cl2N5O. The van der Waals surface area contributed by atoms with Crippen LogP contribution in [0.15, 0.2) is 30.6 Å². The van der Waals surface area contributed by atoms with Crippen molar-refractivity contribution < 1.29 is 4.79 Å². The van der Waals surface area contributed by atoms with E-state index in [0.29, 0.717) is 15.6 Å². The smallest absolute Gasteiger partial charge is 0.252 e. The van der Waals surface area contributed by atoms with Gasteiger partial charge in [-0.3, -0.25) is 4.79 Å². The Balaban J connectivity index is 1.96. The summed E-state index contributed by atoms with van der Waals surface area (Å²) in [5.41, 5.74) is 3.03. The maximum Gasteiger partial charge on any atom is 0.252 e. The maximum absolute atomic E-state index is 12.6. The summed E-state index contributed by atoms with van der Waals surface area (Å²) in [5, 5.41) is 13.7. The first-order valence-electron chi connectivity index (χ1n) is 7.37. The van der Waals surface area contributed by atoms with Gasteiger partial charge in [0.05, 0.1) is 0 Å². The average molecular weight is 374 g/mol. The molecule has 0 atom stereocenters. The number of Topliss-reactive ketones (excluding diaryl/α,β-unsaturated/α-hetero) is 1. The van der Waals surface area contributed by atoms with Crippen molar-refractivity contribution in [3.8, 4) is 11.8 Å². The Morgan fingerprint density at radius 3 is 2.48 bits per heavy atom. The van der Waals surface area contributed by atoms with Crippen LogP contribution in [0, 0.1) is 25.2 Å². The monoisotopic (exact) mass is 373 g/mol. The average Bonchev–Trinajstić information content (AvgIpc) is 3.10. The molecule has 0 unspecified atom stereocenters. The second-order valence-corrected chi connectivity index (χ2v) is 6.42. The fourth-order valence-electron chi connectivity index (χ4n) is 2.77. The van der Waals surface area contributed by atoms with E-state index in [-0.39, 0.29) is 18.2 Å². The third-order valence-electron chi connectivity index (χ3n) is 3.78. The molecule has 0 aliphatic rings. The van der Waals surface area contributed by atoms with Gasteiger partial charge in [0.25, 0.3) is 5.82 Å². The molecule has 0 bridgehead atoms. The predicted molar refractivity (Wildman–Crippen MR) is 94.3 cm³/mol. The second kappa shape index (κ2) is 6.71. The van der Waals surface area contributed by atoms with Gasteiger partial charge < -0.3 is 4.57 Å². The fraction of sp³-hybridized carbons (Fsp3) is 0.176. The van der Waals surface area contributed by atoms with Crippen molar-refractivity contribution >= 4 is 29.0 Å². The molecule has 0 saturated heterocycles. The number of carbonyl (C=O) groups is 1. The van der Waals surface area contributed by atoms with Crippen LogP contribution in [-0.4, -0.2) is 25.1 Å². The van der Waals surface area contributed by atoms with Gasteiger partial charge in [-0.15, -0.1) is 5.10 Å². The summed E-state index contributed by atoms with van der Waals surface area (Å²) in [6.07, 6.45) is 1.37. The Morgan fingerprint density at radius 1 is 1.20 bits per heavy atom. The van der Waals surface area contributed by atoms with Crippen molar-refractivity contribution in [1.82, 2.24) is 19.3 Å². The first-order valence-corrected chi connectivity index (χ1v) is 8.13. The van der Waals surface area contributed by atoms with Crippen molar-refractivity contribution in [3.63, 3.8) is 0 Å². The standard InChI is InChI=1S/C17H13Cl2N5O/c1-10-3-15(16(25)8-23-9-21-17(7-20)22-23)11(2)24(10)14-5-12(18)4-13(19)6-14/h3-6,9H,8H2,1-2H3. The zero-order valence-electron chi connectivity index (χ0n) is 13.5. The van der Waals surface area contributed by atoms with Crippen LogP contribution in [0.2, 0.25) is 10.0 Å². The van der Waals surface area contributed by atoms with Gasteiger partial charge in [0, 0.05) is 32.7 Å². The van der Waals surface area contributed by atoms with Crippen LogP contribution in [0.3, 0.4) is 0 Å². The maximum atomic E-state index is 12.6. The van der Waals surface area contributed by atoms with Crippen LogP contribution < -0.4 is 0 Å². The number of rotatable bonds is 4. The molecular weight excluding hydrogens is 361 g/mol. The van der Waals surface area contributed by atoms with E-state index in [9.17, 15) is 4.79 Å². The Morgan fingerprint density at radius 2 is 1.88 bits per heavy atom. The molecule has 0 fully saturated rings. The van der Waals surface area contributed by atoms with Crippen molar-refractivity contribution in [2.75, 3.05) is 0 Å². The predicted octanol–water partition coefficient (Wildman–Crippen LogP) is 3.75. The van der Waals surface area contributed by atoms with Crippen LogP contribution in [0.4, 0.5) is 0 Å². The van der Waals surface area contributed by atoms with Gasteiger partial charge in [0.1, 0.15) is 18.9 Å². The van der Waals surface area contributed by atoms with Crippen molar-refractivity contribution in [1.29, 1.82) is 5.26 Å². The molecule has 8 heteroatoms. The van der Waals surface area contributed by atoms with Crippen molar-refractivity contribution in [2.45, 2.75) is 20.4 Å². The highest BCUT2D eigenvalue weighted by Crippen LogP contribution is 2.26. The van der Waals surface area contributed by atoms with Gasteiger partial charge in [-0.1, -0.05) is 23.2 Å². The third-order valence-corrected chi connectivity index (χ3v) is 4.22. The molecule has 0 aliphatic heterocycles. The molecule has 126 valence electrons. The SMILES string of the molecule is Cc1cc(C(=O)Cn2cnc(C#N)n2)c(C)n1-c1cc(Cl)cc(Cl)c1. The number of aromatic nitrogens is 4. The summed E-state index contributed by atoms with van der Waals surface area (Å²) in [6.45, 7) is 3.77. The minimum absolute atomic E-state index is 0.00920. The minimum Gasteiger partial charge on any atom is -0.318 e. The van der Waals surface area contributed by atoms with E-state index >= 15 is 0 Å². The van der Waals surface area contributed by atoms with E-state index < -0.39 is 0 Å². The molecule has 0 aliphatic carbocycles. The largest absolute Gasteiger partial charge is 0.318 e. The number of carbonyl (C=O) groups excluding carboxylic acids is 1. The topological polar surface area (TPSA) is 76.5 Å². The molecule has 3 rings (SSSR count). The summed E-state index contributed by atoms with van der Waals surface area (Å²) < 4.78 is 3.27. The molecule has 0 radical (unpaired) electrons. The molecule has 25 heavy (non-hydrogen) atoms. The zero-order chi connectivity index (χ0) is 18.1. The van der Waals surface area contributed by atoms with Crippen molar-refractivity contribution in [2.24, 2.45) is 0 Å². The van der Waals surface area contributed by atoms with Crippen molar-refractivity contribution in [3.05, 3.63) is 63.4 Å². The van der Waals surface area contributed by atoms with E-state index in [1.807, 2.05) is 30.6 Å². The van der Waals surface area contributed by atoms with E-state index in [0.717, 1.165) is 17.1 Å². The van der Waals surface area contributed by atoms with Crippen LogP contribution >= 0.6 is 23.2 Å². The minimum atomic E-state index is -0.123. The van der Waals surface area contributed by atoms with Crippen LogP contribution in [-0.2, 0) is 6.54 Å². The first-order chi connectivity index (χ1) is 11.9. The van der Waals surface area contributed by atoms with Gasteiger partial charge in [-0.05, 0) is 38.1 Å². The molecule has 3 aromatic rings. The van der Waals surface area contributed by atoms with Crippen LogP contribution in [0.5, 0.6) is 0 Å². The highest BCUT2D eigenvalue weighted by Gasteiger charge is 2.18.